The molecule has 3 aromatic carbocycles. The van der Waals surface area contributed by atoms with Crippen molar-refractivity contribution in [3.8, 4) is 11.5 Å². The van der Waals surface area contributed by atoms with Crippen molar-refractivity contribution in [1.29, 1.82) is 0 Å². The third kappa shape index (κ3) is 4.43. The molecule has 0 spiro atoms. The molecule has 0 heterocycles. The van der Waals surface area contributed by atoms with Crippen molar-refractivity contribution in [2.75, 3.05) is 0 Å². The van der Waals surface area contributed by atoms with Crippen LogP contribution < -0.4 is 4.74 Å². The Balaban J connectivity index is 1.68. The van der Waals surface area contributed by atoms with E-state index in [-0.39, 0.29) is 17.5 Å². The Morgan fingerprint density at radius 2 is 1.56 bits per heavy atom. The lowest BCUT2D eigenvalue weighted by molar-refractivity contribution is 0.441. The Hall–Kier alpha value is -2.94. The average molecular weight is 362 g/mol. The lowest BCUT2D eigenvalue weighted by atomic mass is 9.90. The van der Waals surface area contributed by atoms with E-state index < -0.39 is 5.82 Å². The number of benzene rings is 3. The van der Waals surface area contributed by atoms with Crippen LogP contribution in [0.4, 0.5) is 8.78 Å². The first-order chi connectivity index (χ1) is 13.2. The molecular formula is C24H20F2O. The highest BCUT2D eigenvalue weighted by atomic mass is 19.1. The zero-order chi connectivity index (χ0) is 18.6. The maximum absolute atomic E-state index is 14.3. The number of ether oxygens (including phenoxy) is 1. The van der Waals surface area contributed by atoms with Gasteiger partial charge in [0.25, 0.3) is 0 Å². The van der Waals surface area contributed by atoms with Crippen LogP contribution in [-0.4, -0.2) is 0 Å². The Morgan fingerprint density at radius 3 is 2.26 bits per heavy atom. The normalized spacial score (nSPS) is 15.0. The van der Waals surface area contributed by atoms with Gasteiger partial charge >= 0.3 is 0 Å². The molecule has 0 bridgehead atoms. The van der Waals surface area contributed by atoms with Gasteiger partial charge in [-0.2, -0.15) is 0 Å². The summed E-state index contributed by atoms with van der Waals surface area (Å²) in [7, 11) is 0. The van der Waals surface area contributed by atoms with Crippen molar-refractivity contribution in [1.82, 2.24) is 0 Å². The van der Waals surface area contributed by atoms with E-state index in [1.54, 1.807) is 36.4 Å². The van der Waals surface area contributed by atoms with Gasteiger partial charge in [-0.05, 0) is 66.3 Å². The van der Waals surface area contributed by atoms with E-state index in [2.05, 4.69) is 12.2 Å². The monoisotopic (exact) mass is 362 g/mol. The van der Waals surface area contributed by atoms with E-state index in [0.717, 1.165) is 11.1 Å². The first-order valence-corrected chi connectivity index (χ1v) is 9.15. The second-order valence-corrected chi connectivity index (χ2v) is 6.86. The molecule has 1 saturated carbocycles. The molecule has 0 N–H and O–H groups in total. The van der Waals surface area contributed by atoms with Crippen LogP contribution >= 0.6 is 0 Å². The quantitative estimate of drug-likeness (QED) is 0.435. The van der Waals surface area contributed by atoms with Gasteiger partial charge in [-0.15, -0.1) is 0 Å². The Morgan fingerprint density at radius 1 is 0.852 bits per heavy atom. The Labute approximate surface area is 157 Å². The SMILES string of the molecule is Fc1ccc(C(C=CC2CC2)c2ccc(F)c(Oc3ccccc3)c2)cc1. The number of rotatable bonds is 6. The number of allylic oxidation sites excluding steroid dienone is 2. The molecule has 0 saturated heterocycles. The first kappa shape index (κ1) is 17.5. The minimum absolute atomic E-state index is 0.0788. The second-order valence-electron chi connectivity index (χ2n) is 6.86. The zero-order valence-corrected chi connectivity index (χ0v) is 14.8. The highest BCUT2D eigenvalue weighted by Gasteiger charge is 2.20. The summed E-state index contributed by atoms with van der Waals surface area (Å²) in [4.78, 5) is 0. The van der Waals surface area contributed by atoms with E-state index in [9.17, 15) is 8.78 Å². The highest BCUT2D eigenvalue weighted by molar-refractivity contribution is 5.43. The molecule has 3 aromatic rings. The predicted octanol–water partition coefficient (Wildman–Crippen LogP) is 6.86. The summed E-state index contributed by atoms with van der Waals surface area (Å²) in [5, 5.41) is 0. The summed E-state index contributed by atoms with van der Waals surface area (Å²) in [5.41, 5.74) is 1.87. The third-order valence-corrected chi connectivity index (χ3v) is 4.71. The molecule has 0 aromatic heterocycles. The fourth-order valence-corrected chi connectivity index (χ4v) is 3.05. The van der Waals surface area contributed by atoms with Crippen LogP contribution in [0.25, 0.3) is 0 Å². The third-order valence-electron chi connectivity index (χ3n) is 4.71. The fourth-order valence-electron chi connectivity index (χ4n) is 3.05. The molecule has 136 valence electrons. The molecule has 4 rings (SSSR count). The lowest BCUT2D eigenvalue weighted by Crippen LogP contribution is -2.00. The highest BCUT2D eigenvalue weighted by Crippen LogP contribution is 2.35. The van der Waals surface area contributed by atoms with Gasteiger partial charge in [0.1, 0.15) is 11.6 Å². The molecule has 27 heavy (non-hydrogen) atoms. The Bertz CT molecular complexity index is 928. The molecule has 1 fully saturated rings. The van der Waals surface area contributed by atoms with Crippen molar-refractivity contribution >= 4 is 0 Å². The van der Waals surface area contributed by atoms with Crippen molar-refractivity contribution in [3.63, 3.8) is 0 Å². The molecule has 1 unspecified atom stereocenters. The minimum atomic E-state index is -0.411. The largest absolute Gasteiger partial charge is 0.454 e. The van der Waals surface area contributed by atoms with Crippen molar-refractivity contribution in [2.45, 2.75) is 18.8 Å². The van der Waals surface area contributed by atoms with Gasteiger partial charge in [0.05, 0.1) is 0 Å². The van der Waals surface area contributed by atoms with Crippen LogP contribution in [0.2, 0.25) is 0 Å². The van der Waals surface area contributed by atoms with Gasteiger partial charge in [0.2, 0.25) is 0 Å². The fraction of sp³-hybridized carbons (Fsp3) is 0.167. The van der Waals surface area contributed by atoms with E-state index >= 15 is 0 Å². The number of hydrogen-bond acceptors (Lipinski definition) is 1. The number of hydrogen-bond donors (Lipinski definition) is 0. The van der Waals surface area contributed by atoms with Gasteiger partial charge < -0.3 is 4.74 Å². The summed E-state index contributed by atoms with van der Waals surface area (Å²) in [5.74, 6) is 0.631. The van der Waals surface area contributed by atoms with E-state index in [4.69, 9.17) is 4.74 Å². The van der Waals surface area contributed by atoms with Crippen molar-refractivity contribution in [3.05, 3.63) is 108 Å². The minimum Gasteiger partial charge on any atom is -0.454 e. The second kappa shape index (κ2) is 7.75. The summed E-state index contributed by atoms with van der Waals surface area (Å²) >= 11 is 0. The van der Waals surface area contributed by atoms with E-state index in [1.165, 1.54) is 31.0 Å². The van der Waals surface area contributed by atoms with Crippen LogP contribution in [0.5, 0.6) is 11.5 Å². The molecule has 0 amide bonds. The maximum Gasteiger partial charge on any atom is 0.165 e. The zero-order valence-electron chi connectivity index (χ0n) is 14.8. The van der Waals surface area contributed by atoms with Crippen LogP contribution in [-0.2, 0) is 0 Å². The maximum atomic E-state index is 14.3. The van der Waals surface area contributed by atoms with Crippen LogP contribution in [0.3, 0.4) is 0 Å². The summed E-state index contributed by atoms with van der Waals surface area (Å²) in [6.07, 6.45) is 6.75. The van der Waals surface area contributed by atoms with Gasteiger partial charge in [-0.3, -0.25) is 0 Å². The molecule has 1 aliphatic carbocycles. The van der Waals surface area contributed by atoms with Gasteiger partial charge in [-0.1, -0.05) is 48.6 Å². The van der Waals surface area contributed by atoms with Gasteiger partial charge in [-0.25, -0.2) is 8.78 Å². The van der Waals surface area contributed by atoms with E-state index in [0.29, 0.717) is 11.7 Å². The molecule has 1 atom stereocenters. The smallest absolute Gasteiger partial charge is 0.165 e. The van der Waals surface area contributed by atoms with E-state index in [1.807, 2.05) is 18.2 Å². The topological polar surface area (TPSA) is 9.23 Å². The molecule has 1 nitrogen and oxygen atoms in total. The lowest BCUT2D eigenvalue weighted by Gasteiger charge is -2.16. The summed E-state index contributed by atoms with van der Waals surface area (Å²) in [6, 6.07) is 20.5. The summed E-state index contributed by atoms with van der Waals surface area (Å²) in [6.45, 7) is 0. The molecule has 3 heteroatoms. The number of para-hydroxylation sites is 1. The summed E-state index contributed by atoms with van der Waals surface area (Å²) < 4.78 is 33.4. The predicted molar refractivity (Wildman–Crippen MR) is 103 cm³/mol. The standard InChI is InChI=1S/C24H20F2O/c25-20-12-9-18(10-13-20)22(14-8-17-6-7-17)19-11-15-23(26)24(16-19)27-21-4-2-1-3-5-21/h1-5,8-17,22H,6-7H2. The van der Waals surface area contributed by atoms with Crippen LogP contribution in [0.15, 0.2) is 84.9 Å². The van der Waals surface area contributed by atoms with Crippen LogP contribution in [0, 0.1) is 17.6 Å². The average Bonchev–Trinajstić information content (AvgIpc) is 3.51. The van der Waals surface area contributed by atoms with Crippen molar-refractivity contribution < 1.29 is 13.5 Å². The first-order valence-electron chi connectivity index (χ1n) is 9.15. The van der Waals surface area contributed by atoms with Crippen molar-refractivity contribution in [2.24, 2.45) is 5.92 Å². The van der Waals surface area contributed by atoms with Gasteiger partial charge in [0.15, 0.2) is 11.6 Å². The Kier molecular flexibility index (Phi) is 5.01. The molecule has 0 radical (unpaired) electrons. The molecular weight excluding hydrogens is 342 g/mol. The van der Waals surface area contributed by atoms with Gasteiger partial charge in [0, 0.05) is 5.92 Å². The molecule has 0 aliphatic heterocycles. The van der Waals surface area contributed by atoms with Crippen LogP contribution in [0.1, 0.15) is 29.9 Å². The molecule has 1 aliphatic rings. The number of halogens is 2.